The molecule has 1 fully saturated rings. The van der Waals surface area contributed by atoms with Crippen molar-refractivity contribution < 1.29 is 19.4 Å². The molecule has 0 saturated carbocycles. The number of amides is 1. The van der Waals surface area contributed by atoms with Gasteiger partial charge >= 0.3 is 12.1 Å². The maximum absolute atomic E-state index is 12.7. The number of benzene rings is 1. The van der Waals surface area contributed by atoms with Crippen molar-refractivity contribution in [2.45, 2.75) is 64.3 Å². The highest BCUT2D eigenvalue weighted by Gasteiger charge is 2.47. The Morgan fingerprint density at radius 3 is 2.50 bits per heavy atom. The number of ether oxygens (including phenoxy) is 1. The van der Waals surface area contributed by atoms with E-state index >= 15 is 0 Å². The van der Waals surface area contributed by atoms with Crippen LogP contribution in [-0.4, -0.2) is 57.8 Å². The number of alkyl carbamates (subject to hydrolysis) is 1. The summed E-state index contributed by atoms with van der Waals surface area (Å²) >= 11 is 4.49. The molecule has 0 bridgehead atoms. The number of rotatable bonds is 3. The van der Waals surface area contributed by atoms with Crippen molar-refractivity contribution in [3.63, 3.8) is 0 Å². The number of hydrogen-bond donors (Lipinski definition) is 3. The molecule has 2 heterocycles. The molecule has 9 heteroatoms. The van der Waals surface area contributed by atoms with Crippen LogP contribution in [0.3, 0.4) is 0 Å². The van der Waals surface area contributed by atoms with E-state index in [4.69, 9.17) is 4.74 Å². The van der Waals surface area contributed by atoms with Crippen LogP contribution in [0, 0.1) is 5.41 Å². The molecule has 0 aromatic heterocycles. The third kappa shape index (κ3) is 4.63. The lowest BCUT2D eigenvalue weighted by atomic mass is 9.75. The number of thiol groups is 1. The highest BCUT2D eigenvalue weighted by atomic mass is 32.1. The predicted octanol–water partition coefficient (Wildman–Crippen LogP) is 3.20. The minimum atomic E-state index is -1.03. The van der Waals surface area contributed by atoms with E-state index in [1.54, 1.807) is 5.01 Å². The van der Waals surface area contributed by atoms with Crippen LogP contribution in [0.2, 0.25) is 0 Å². The van der Waals surface area contributed by atoms with Gasteiger partial charge in [-0.15, -0.1) is 12.6 Å². The van der Waals surface area contributed by atoms with E-state index in [1.165, 1.54) is 23.5 Å². The topological polar surface area (TPSA) is 94.5 Å². The molecular formula is C23H30N4O4S. The second-order valence-corrected chi connectivity index (χ2v) is 10.3. The van der Waals surface area contributed by atoms with Crippen LogP contribution in [0.4, 0.5) is 4.79 Å². The van der Waals surface area contributed by atoms with Gasteiger partial charge in [-0.25, -0.2) is 9.59 Å². The Labute approximate surface area is 193 Å². The van der Waals surface area contributed by atoms with E-state index in [9.17, 15) is 14.7 Å². The Bertz CT molecular complexity index is 946. The summed E-state index contributed by atoms with van der Waals surface area (Å²) in [6.45, 7) is 6.02. The molecule has 1 saturated heterocycles. The van der Waals surface area contributed by atoms with Crippen LogP contribution in [0.15, 0.2) is 40.5 Å². The number of aliphatic carboxylic acids is 1. The Kier molecular flexibility index (Phi) is 5.98. The fourth-order valence-electron chi connectivity index (χ4n) is 4.96. The van der Waals surface area contributed by atoms with Gasteiger partial charge in [-0.1, -0.05) is 24.3 Å². The maximum Gasteiger partial charge on any atom is 0.408 e. The smallest absolute Gasteiger partial charge is 0.408 e. The first kappa shape index (κ1) is 22.7. The number of nitrogens with one attached hydrogen (secondary N) is 1. The number of carbonyl (C=O) groups excluding carboxylic acids is 1. The summed E-state index contributed by atoms with van der Waals surface area (Å²) in [4.78, 5) is 28.7. The summed E-state index contributed by atoms with van der Waals surface area (Å²) in [7, 11) is 0. The fraction of sp³-hybridized carbons (Fsp3) is 0.522. The number of aliphatic imine (C=N–C) groups is 1. The average molecular weight is 459 g/mol. The van der Waals surface area contributed by atoms with E-state index in [0.717, 1.165) is 19.3 Å². The van der Waals surface area contributed by atoms with E-state index in [-0.39, 0.29) is 5.41 Å². The van der Waals surface area contributed by atoms with Crippen molar-refractivity contribution in [3.8, 4) is 0 Å². The van der Waals surface area contributed by atoms with Gasteiger partial charge in [0.2, 0.25) is 0 Å². The van der Waals surface area contributed by atoms with Crippen LogP contribution < -0.4 is 5.32 Å². The number of carboxylic acid groups (broad SMARTS) is 1. The van der Waals surface area contributed by atoms with Gasteiger partial charge in [0.05, 0.1) is 6.20 Å². The molecule has 2 aliphatic heterocycles. The number of piperidine rings is 1. The van der Waals surface area contributed by atoms with Crippen molar-refractivity contribution in [2.24, 2.45) is 10.4 Å². The van der Waals surface area contributed by atoms with Gasteiger partial charge in [0.25, 0.3) is 0 Å². The first-order valence-corrected chi connectivity index (χ1v) is 11.3. The molecular weight excluding hydrogens is 428 g/mol. The molecule has 4 rings (SSSR count). The van der Waals surface area contributed by atoms with Gasteiger partial charge in [0, 0.05) is 12.8 Å². The van der Waals surface area contributed by atoms with Crippen LogP contribution >= 0.6 is 12.6 Å². The lowest BCUT2D eigenvalue weighted by molar-refractivity contribution is -0.152. The van der Waals surface area contributed by atoms with Crippen LogP contribution in [0.1, 0.15) is 44.7 Å². The predicted molar refractivity (Wildman–Crippen MR) is 124 cm³/mol. The number of nitrogens with zero attached hydrogens (tertiary/aromatic N) is 3. The Balaban J connectivity index is 1.61. The summed E-state index contributed by atoms with van der Waals surface area (Å²) in [6.07, 6.45) is 5.34. The zero-order valence-corrected chi connectivity index (χ0v) is 19.5. The highest BCUT2D eigenvalue weighted by Crippen LogP contribution is 2.46. The van der Waals surface area contributed by atoms with Crippen molar-refractivity contribution in [1.82, 2.24) is 15.3 Å². The Hall–Kier alpha value is -2.52. The normalized spacial score (nSPS) is 24.8. The molecule has 1 amide bonds. The summed E-state index contributed by atoms with van der Waals surface area (Å²) < 4.78 is 5.52. The highest BCUT2D eigenvalue weighted by molar-refractivity contribution is 7.84. The number of carbonyl (C=O) groups is 2. The van der Waals surface area contributed by atoms with E-state index in [1.807, 2.05) is 25.8 Å². The molecule has 8 nitrogen and oxygen atoms in total. The maximum atomic E-state index is 12.7. The van der Waals surface area contributed by atoms with Gasteiger partial charge in [0.15, 0.2) is 6.04 Å². The molecule has 2 N–H and O–H groups in total. The Morgan fingerprint density at radius 1 is 1.25 bits per heavy atom. The van der Waals surface area contributed by atoms with Crippen LogP contribution in [0.5, 0.6) is 0 Å². The Morgan fingerprint density at radius 2 is 1.91 bits per heavy atom. The largest absolute Gasteiger partial charge is 0.479 e. The first-order chi connectivity index (χ1) is 15.1. The quantitative estimate of drug-likeness (QED) is 0.602. The van der Waals surface area contributed by atoms with Gasteiger partial charge in [-0.05, 0) is 63.0 Å². The number of fused-ring (bicyclic) bond motifs is 1. The number of carboxylic acids is 1. The van der Waals surface area contributed by atoms with E-state index in [0.29, 0.717) is 18.0 Å². The molecule has 1 aliphatic carbocycles. The summed E-state index contributed by atoms with van der Waals surface area (Å²) in [5.74, 6) is -1.03. The van der Waals surface area contributed by atoms with Crippen molar-refractivity contribution >= 4 is 30.9 Å². The lowest BCUT2D eigenvalue weighted by Gasteiger charge is -2.50. The minimum absolute atomic E-state index is 0.00292. The summed E-state index contributed by atoms with van der Waals surface area (Å²) in [5.41, 5.74) is 2.06. The number of hydrogen-bond acceptors (Lipinski definition) is 7. The molecule has 1 spiro atoms. The SMILES string of the molecule is CC(C)(C)OC(=O)NC1CC2(CCN1N1C(S)=CN=CC1C(=O)O)Cc1ccccc1C2. The van der Waals surface area contributed by atoms with Gasteiger partial charge in [-0.2, -0.15) is 5.01 Å². The number of hydrazine groups is 1. The molecule has 1 aromatic rings. The van der Waals surface area contributed by atoms with Gasteiger partial charge in [0.1, 0.15) is 16.8 Å². The van der Waals surface area contributed by atoms with Crippen LogP contribution in [-0.2, 0) is 22.4 Å². The summed E-state index contributed by atoms with van der Waals surface area (Å²) in [6, 6.07) is 7.47. The molecule has 172 valence electrons. The molecule has 1 aromatic carbocycles. The molecule has 2 atom stereocenters. The minimum Gasteiger partial charge on any atom is -0.479 e. The fourth-order valence-corrected chi connectivity index (χ4v) is 5.27. The average Bonchev–Trinajstić information content (AvgIpc) is 3.04. The van der Waals surface area contributed by atoms with E-state index in [2.05, 4.69) is 47.2 Å². The third-order valence-electron chi connectivity index (χ3n) is 6.24. The van der Waals surface area contributed by atoms with E-state index < -0.39 is 29.9 Å². The zero-order chi connectivity index (χ0) is 23.1. The standard InChI is InChI=1S/C23H30N4O4S/c1-22(2,3)31-21(30)25-18-12-23(10-15-6-4-5-7-16(15)11-23)8-9-26(18)27-17(20(28)29)13-24-14-19(27)32/h4-7,13-14,17-18,32H,8-12H2,1-3H3,(H,25,30)(H,28,29). The molecule has 32 heavy (non-hydrogen) atoms. The molecule has 3 aliphatic rings. The van der Waals surface area contributed by atoms with Crippen LogP contribution in [0.25, 0.3) is 0 Å². The second kappa shape index (κ2) is 8.44. The van der Waals surface area contributed by atoms with Gasteiger partial charge in [-0.3, -0.25) is 10.0 Å². The first-order valence-electron chi connectivity index (χ1n) is 10.8. The molecule has 2 unspecified atom stereocenters. The van der Waals surface area contributed by atoms with Crippen molar-refractivity contribution in [1.29, 1.82) is 0 Å². The van der Waals surface area contributed by atoms with Gasteiger partial charge < -0.3 is 15.2 Å². The second-order valence-electron chi connectivity index (χ2n) is 9.81. The summed E-state index contributed by atoms with van der Waals surface area (Å²) in [5, 5.41) is 16.7. The monoisotopic (exact) mass is 458 g/mol. The molecule has 0 radical (unpaired) electrons. The van der Waals surface area contributed by atoms with Crippen molar-refractivity contribution in [3.05, 3.63) is 46.6 Å². The lowest BCUT2D eigenvalue weighted by Crippen LogP contribution is -2.64. The van der Waals surface area contributed by atoms with Crippen molar-refractivity contribution in [2.75, 3.05) is 6.54 Å². The third-order valence-corrected chi connectivity index (χ3v) is 6.56. The zero-order valence-electron chi connectivity index (χ0n) is 18.6.